The summed E-state index contributed by atoms with van der Waals surface area (Å²) in [5, 5.41) is 8.74. The van der Waals surface area contributed by atoms with Crippen molar-refractivity contribution in [3.63, 3.8) is 0 Å². The van der Waals surface area contributed by atoms with E-state index in [1.807, 2.05) is 6.07 Å². The number of anilines is 1. The number of H-pyrrole nitrogens is 1. The van der Waals surface area contributed by atoms with Gasteiger partial charge in [-0.3, -0.25) is 24.0 Å². The van der Waals surface area contributed by atoms with Crippen molar-refractivity contribution >= 4 is 28.5 Å². The minimum atomic E-state index is -0.838. The van der Waals surface area contributed by atoms with Crippen LogP contribution in [0.2, 0.25) is 0 Å². The summed E-state index contributed by atoms with van der Waals surface area (Å²) >= 11 is 0. The molecule has 47 heavy (non-hydrogen) atoms. The summed E-state index contributed by atoms with van der Waals surface area (Å²) in [6, 6.07) is 12.3. The van der Waals surface area contributed by atoms with Crippen LogP contribution < -0.4 is 46.7 Å². The summed E-state index contributed by atoms with van der Waals surface area (Å²) in [4.78, 5) is 66.1. The number of aromatic nitrogens is 2. The van der Waals surface area contributed by atoms with Gasteiger partial charge in [0.25, 0.3) is 0 Å². The summed E-state index contributed by atoms with van der Waals surface area (Å²) in [6.07, 6.45) is 1.07. The number of carbonyl (C=O) groups is 2. The van der Waals surface area contributed by atoms with E-state index in [-0.39, 0.29) is 30.1 Å². The molecule has 5 rings (SSSR count). The number of para-hydroxylation sites is 2. The Bertz CT molecular complexity index is 2040. The third-order valence-electron chi connectivity index (χ3n) is 8.20. The van der Waals surface area contributed by atoms with E-state index in [0.29, 0.717) is 57.8 Å². The maximum Gasteiger partial charge on any atom is 0.316 e. The van der Waals surface area contributed by atoms with Gasteiger partial charge < -0.3 is 39.7 Å². The highest BCUT2D eigenvalue weighted by Gasteiger charge is 2.29. The predicted molar refractivity (Wildman–Crippen MR) is 178 cm³/mol. The second-order valence-corrected chi connectivity index (χ2v) is 11.2. The summed E-state index contributed by atoms with van der Waals surface area (Å²) in [6.45, 7) is 3.17. The Hall–Kier alpha value is -5.59. The van der Waals surface area contributed by atoms with Gasteiger partial charge >= 0.3 is 11.1 Å². The number of fused-ring (bicyclic) bond motifs is 4. The number of benzene rings is 2. The molecule has 0 saturated heterocycles. The Morgan fingerprint density at radius 1 is 1.00 bits per heavy atom. The SMILES string of the molecule is COc1cc2c(c(OC)c1OC)-c1ccc(NC(C)C(=O)NCCn3c(=O)c(=O)[nH]c4ccccc43)c(=O)cc1C(NC(C)=O)CC2. The normalized spacial score (nSPS) is 14.2. The summed E-state index contributed by atoms with van der Waals surface area (Å²) in [7, 11) is 4.58. The van der Waals surface area contributed by atoms with Crippen molar-refractivity contribution in [2.45, 2.75) is 45.3 Å². The van der Waals surface area contributed by atoms with Crippen molar-refractivity contribution < 1.29 is 23.8 Å². The molecule has 2 unspecified atom stereocenters. The summed E-state index contributed by atoms with van der Waals surface area (Å²) in [5.74, 6) is 0.656. The van der Waals surface area contributed by atoms with Gasteiger partial charge in [0.1, 0.15) is 6.04 Å². The van der Waals surface area contributed by atoms with Crippen molar-refractivity contribution in [1.29, 1.82) is 0 Å². The van der Waals surface area contributed by atoms with E-state index in [1.165, 1.54) is 38.9 Å². The molecule has 0 radical (unpaired) electrons. The average Bonchev–Trinajstić information content (AvgIpc) is 3.29. The monoisotopic (exact) mass is 643 g/mol. The average molecular weight is 644 g/mol. The fourth-order valence-corrected chi connectivity index (χ4v) is 6.01. The van der Waals surface area contributed by atoms with E-state index in [1.54, 1.807) is 43.3 Å². The predicted octanol–water partition coefficient (Wildman–Crippen LogP) is 2.48. The Morgan fingerprint density at radius 3 is 2.45 bits per heavy atom. The molecular weight excluding hydrogens is 606 g/mol. The molecule has 2 atom stereocenters. The molecule has 1 aliphatic carbocycles. The topological polar surface area (TPSA) is 170 Å². The summed E-state index contributed by atoms with van der Waals surface area (Å²) < 4.78 is 18.3. The van der Waals surface area contributed by atoms with E-state index in [9.17, 15) is 24.0 Å². The number of nitrogens with one attached hydrogen (secondary N) is 4. The molecule has 1 aliphatic rings. The van der Waals surface area contributed by atoms with Crippen LogP contribution in [0.5, 0.6) is 17.2 Å². The number of ether oxygens (including phenoxy) is 3. The lowest BCUT2D eigenvalue weighted by Crippen LogP contribution is -2.42. The molecule has 1 heterocycles. The molecule has 0 saturated carbocycles. The van der Waals surface area contributed by atoms with Gasteiger partial charge in [0.15, 0.2) is 11.5 Å². The lowest BCUT2D eigenvalue weighted by molar-refractivity contribution is -0.121. The smallest absolute Gasteiger partial charge is 0.316 e. The van der Waals surface area contributed by atoms with E-state index in [4.69, 9.17) is 14.2 Å². The highest BCUT2D eigenvalue weighted by atomic mass is 16.5. The summed E-state index contributed by atoms with van der Waals surface area (Å²) in [5.41, 5.74) is 2.22. The lowest BCUT2D eigenvalue weighted by Gasteiger charge is -2.19. The number of aryl methyl sites for hydroxylation is 1. The van der Waals surface area contributed by atoms with Crippen LogP contribution in [0.1, 0.15) is 37.4 Å². The zero-order valence-corrected chi connectivity index (χ0v) is 26.8. The first-order valence-corrected chi connectivity index (χ1v) is 15.1. The molecule has 0 fully saturated rings. The largest absolute Gasteiger partial charge is 0.493 e. The van der Waals surface area contributed by atoms with Gasteiger partial charge in [0, 0.05) is 25.6 Å². The molecule has 0 spiro atoms. The van der Waals surface area contributed by atoms with Gasteiger partial charge in [-0.2, -0.15) is 0 Å². The molecule has 13 heteroatoms. The van der Waals surface area contributed by atoms with Gasteiger partial charge in [0.05, 0.1) is 44.1 Å². The van der Waals surface area contributed by atoms with Crippen molar-refractivity contribution in [2.24, 2.45) is 0 Å². The number of rotatable bonds is 10. The number of methoxy groups -OCH3 is 3. The second-order valence-electron chi connectivity index (χ2n) is 11.2. The maximum atomic E-state index is 13.6. The van der Waals surface area contributed by atoms with Crippen LogP contribution >= 0.6 is 0 Å². The zero-order valence-electron chi connectivity index (χ0n) is 26.8. The van der Waals surface area contributed by atoms with Gasteiger partial charge in [-0.25, -0.2) is 0 Å². The number of amides is 2. The Kier molecular flexibility index (Phi) is 9.64. The zero-order chi connectivity index (χ0) is 33.8. The number of carbonyl (C=O) groups excluding carboxylic acids is 2. The van der Waals surface area contributed by atoms with Crippen LogP contribution in [0.3, 0.4) is 0 Å². The Labute approximate surface area is 269 Å². The second kappa shape index (κ2) is 13.8. The van der Waals surface area contributed by atoms with E-state index in [0.717, 1.165) is 5.56 Å². The van der Waals surface area contributed by atoms with Crippen LogP contribution in [-0.4, -0.2) is 55.3 Å². The molecule has 246 valence electrons. The number of nitrogens with zero attached hydrogens (tertiary/aromatic N) is 1. The number of hydrogen-bond donors (Lipinski definition) is 4. The molecule has 0 bridgehead atoms. The first-order valence-electron chi connectivity index (χ1n) is 15.1. The highest BCUT2D eigenvalue weighted by molar-refractivity contribution is 5.86. The van der Waals surface area contributed by atoms with Crippen molar-refractivity contribution in [2.75, 3.05) is 33.2 Å². The first kappa shape index (κ1) is 32.8. The molecule has 13 nitrogen and oxygen atoms in total. The van der Waals surface area contributed by atoms with Crippen LogP contribution in [0.15, 0.2) is 62.9 Å². The lowest BCUT2D eigenvalue weighted by atomic mass is 9.95. The quantitative estimate of drug-likeness (QED) is 0.190. The maximum absolute atomic E-state index is 13.6. The van der Waals surface area contributed by atoms with Gasteiger partial charge in [0.2, 0.25) is 23.0 Å². The van der Waals surface area contributed by atoms with Crippen LogP contribution in [0.25, 0.3) is 22.2 Å². The molecule has 3 aromatic carbocycles. The van der Waals surface area contributed by atoms with E-state index in [2.05, 4.69) is 20.9 Å². The van der Waals surface area contributed by atoms with Gasteiger partial charge in [-0.05, 0) is 66.8 Å². The fraction of sp³-hybridized carbons (Fsp3) is 0.324. The molecular formula is C34H37N5O8. The van der Waals surface area contributed by atoms with E-state index < -0.39 is 29.1 Å². The van der Waals surface area contributed by atoms with Crippen molar-refractivity contribution in [3.05, 3.63) is 90.6 Å². The minimum Gasteiger partial charge on any atom is -0.493 e. The van der Waals surface area contributed by atoms with E-state index >= 15 is 0 Å². The molecule has 1 aromatic heterocycles. The highest BCUT2D eigenvalue weighted by Crippen LogP contribution is 2.50. The molecule has 4 N–H and O–H groups in total. The standard InChI is InChI=1S/C34H37N5O8/c1-18(32(42)35-14-15-39-26-9-7-6-8-24(26)38-33(43)34(39)44)36-25-13-11-21-22(17-27(25)41)23(37-19(2)40)12-10-20-16-28(45-3)30(46-4)31(47-5)29(20)21/h6-9,11,13,16-18,23H,10,12,14-15H2,1-5H3,(H,35,42)(H,36,41)(H,37,40)(H,38,43). The van der Waals surface area contributed by atoms with Crippen molar-refractivity contribution in [1.82, 2.24) is 20.2 Å². The van der Waals surface area contributed by atoms with Crippen LogP contribution in [-0.2, 0) is 22.6 Å². The molecule has 2 amide bonds. The van der Waals surface area contributed by atoms with Crippen LogP contribution in [0, 0.1) is 0 Å². The third kappa shape index (κ3) is 6.55. The van der Waals surface area contributed by atoms with Crippen molar-refractivity contribution in [3.8, 4) is 28.4 Å². The number of hydrogen-bond acceptors (Lipinski definition) is 9. The Balaban J connectivity index is 1.44. The van der Waals surface area contributed by atoms with Gasteiger partial charge in [-0.1, -0.05) is 18.2 Å². The number of aromatic amines is 1. The fourth-order valence-electron chi connectivity index (χ4n) is 6.01. The molecule has 0 aliphatic heterocycles. The Morgan fingerprint density at radius 2 is 1.74 bits per heavy atom. The van der Waals surface area contributed by atoms with Gasteiger partial charge in [-0.15, -0.1) is 0 Å². The van der Waals surface area contributed by atoms with Crippen LogP contribution in [0.4, 0.5) is 5.69 Å². The minimum absolute atomic E-state index is 0.0690. The molecule has 4 aromatic rings. The first-order chi connectivity index (χ1) is 22.6. The third-order valence-corrected chi connectivity index (χ3v) is 8.20.